The minimum atomic E-state index is -0.940. The zero-order valence-electron chi connectivity index (χ0n) is 11.3. The van der Waals surface area contributed by atoms with E-state index in [9.17, 15) is 9.59 Å². The van der Waals surface area contributed by atoms with E-state index in [1.54, 1.807) is 11.8 Å². The maximum atomic E-state index is 12.2. The summed E-state index contributed by atoms with van der Waals surface area (Å²) in [6.07, 6.45) is 6.93. The van der Waals surface area contributed by atoms with Gasteiger partial charge in [0.25, 0.3) is 0 Å². The van der Waals surface area contributed by atoms with E-state index in [0.29, 0.717) is 18.4 Å². The highest BCUT2D eigenvalue weighted by Gasteiger charge is 2.37. The van der Waals surface area contributed by atoms with Crippen molar-refractivity contribution in [3.63, 3.8) is 0 Å². The van der Waals surface area contributed by atoms with E-state index in [-0.39, 0.29) is 6.03 Å². The van der Waals surface area contributed by atoms with Crippen LogP contribution in [0.2, 0.25) is 0 Å². The highest BCUT2D eigenvalue weighted by Crippen LogP contribution is 2.34. The lowest BCUT2D eigenvalue weighted by molar-refractivity contribution is -0.139. The van der Waals surface area contributed by atoms with Gasteiger partial charge in [-0.2, -0.15) is 11.8 Å². The third kappa shape index (κ3) is 4.60. The molecule has 0 radical (unpaired) electrons. The van der Waals surface area contributed by atoms with Gasteiger partial charge in [-0.3, -0.25) is 0 Å². The van der Waals surface area contributed by atoms with Crippen LogP contribution in [0.1, 0.15) is 32.1 Å². The number of thioether (sulfide) groups is 1. The first kappa shape index (κ1) is 14.5. The maximum absolute atomic E-state index is 12.2. The van der Waals surface area contributed by atoms with Crippen LogP contribution in [0.15, 0.2) is 0 Å². The lowest BCUT2D eigenvalue weighted by Gasteiger charge is -2.25. The number of hydrogen-bond donors (Lipinski definition) is 2. The largest absolute Gasteiger partial charge is 0.480 e. The van der Waals surface area contributed by atoms with Crippen LogP contribution in [0.5, 0.6) is 0 Å². The van der Waals surface area contributed by atoms with Crippen molar-refractivity contribution >= 4 is 23.8 Å². The predicted molar refractivity (Wildman–Crippen MR) is 75.4 cm³/mol. The van der Waals surface area contributed by atoms with Crippen LogP contribution in [-0.4, -0.2) is 52.6 Å². The molecule has 2 saturated carbocycles. The van der Waals surface area contributed by atoms with Gasteiger partial charge in [0, 0.05) is 12.6 Å². The molecule has 0 bridgehead atoms. The number of hydrogen-bond acceptors (Lipinski definition) is 3. The molecule has 0 spiro atoms. The Morgan fingerprint density at radius 3 is 2.53 bits per heavy atom. The fourth-order valence-corrected chi connectivity index (χ4v) is 2.56. The first-order valence-corrected chi connectivity index (χ1v) is 8.30. The normalized spacial score (nSPS) is 19.8. The zero-order chi connectivity index (χ0) is 13.8. The van der Waals surface area contributed by atoms with Crippen LogP contribution < -0.4 is 5.32 Å². The first-order valence-electron chi connectivity index (χ1n) is 6.90. The summed E-state index contributed by atoms with van der Waals surface area (Å²) >= 11 is 1.59. The molecule has 0 saturated heterocycles. The standard InChI is InChI=1S/C13H22N2O3S/c1-19-7-6-11(12(16)17)14-13(18)15(10-4-5-10)8-9-2-3-9/h9-11H,2-8H2,1H3,(H,14,18)(H,16,17). The van der Waals surface area contributed by atoms with Crippen molar-refractivity contribution in [2.45, 2.75) is 44.2 Å². The molecule has 2 fully saturated rings. The summed E-state index contributed by atoms with van der Waals surface area (Å²) in [5.74, 6) is 0.439. The number of carbonyl (C=O) groups is 2. The number of rotatable bonds is 8. The van der Waals surface area contributed by atoms with Gasteiger partial charge < -0.3 is 15.3 Å². The lowest BCUT2D eigenvalue weighted by Crippen LogP contribution is -2.49. The molecule has 0 aromatic rings. The van der Waals surface area contributed by atoms with Crippen molar-refractivity contribution < 1.29 is 14.7 Å². The Hall–Kier alpha value is -0.910. The van der Waals surface area contributed by atoms with Gasteiger partial charge >= 0.3 is 12.0 Å². The smallest absolute Gasteiger partial charge is 0.326 e. The fourth-order valence-electron chi connectivity index (χ4n) is 2.09. The number of carbonyl (C=O) groups excluding carboxylic acids is 1. The average molecular weight is 286 g/mol. The van der Waals surface area contributed by atoms with Gasteiger partial charge in [0.05, 0.1) is 0 Å². The molecule has 0 heterocycles. The molecule has 5 nitrogen and oxygen atoms in total. The molecule has 6 heteroatoms. The zero-order valence-corrected chi connectivity index (χ0v) is 12.1. The van der Waals surface area contributed by atoms with Crippen LogP contribution >= 0.6 is 11.8 Å². The highest BCUT2D eigenvalue weighted by atomic mass is 32.2. The Bertz CT molecular complexity index is 343. The third-order valence-electron chi connectivity index (χ3n) is 3.61. The van der Waals surface area contributed by atoms with Gasteiger partial charge in [0.2, 0.25) is 0 Å². The van der Waals surface area contributed by atoms with Crippen LogP contribution in [0.25, 0.3) is 0 Å². The van der Waals surface area contributed by atoms with Gasteiger partial charge in [0.1, 0.15) is 6.04 Å². The monoisotopic (exact) mass is 286 g/mol. The molecule has 0 aromatic carbocycles. The van der Waals surface area contributed by atoms with Gasteiger partial charge in [-0.05, 0) is 50.0 Å². The van der Waals surface area contributed by atoms with E-state index < -0.39 is 12.0 Å². The van der Waals surface area contributed by atoms with E-state index >= 15 is 0 Å². The fraction of sp³-hybridized carbons (Fsp3) is 0.846. The second-order valence-corrected chi connectivity index (χ2v) is 6.43. The summed E-state index contributed by atoms with van der Waals surface area (Å²) in [7, 11) is 0. The highest BCUT2D eigenvalue weighted by molar-refractivity contribution is 7.98. The van der Waals surface area contributed by atoms with Crippen molar-refractivity contribution in [2.75, 3.05) is 18.6 Å². The minimum Gasteiger partial charge on any atom is -0.480 e. The van der Waals surface area contributed by atoms with Crippen molar-refractivity contribution in [3.05, 3.63) is 0 Å². The van der Waals surface area contributed by atoms with E-state index in [4.69, 9.17) is 5.11 Å². The Balaban J connectivity index is 1.86. The molecule has 0 aliphatic heterocycles. The van der Waals surface area contributed by atoms with Gasteiger partial charge in [-0.1, -0.05) is 0 Å². The Kier molecular flexibility index (Phi) is 4.96. The topological polar surface area (TPSA) is 69.6 Å². The number of amides is 2. The molecule has 108 valence electrons. The second-order valence-electron chi connectivity index (χ2n) is 5.45. The van der Waals surface area contributed by atoms with Gasteiger partial charge in [-0.15, -0.1) is 0 Å². The summed E-state index contributed by atoms with van der Waals surface area (Å²) in [5.41, 5.74) is 0. The van der Waals surface area contributed by atoms with Crippen molar-refractivity contribution in [1.29, 1.82) is 0 Å². The van der Waals surface area contributed by atoms with Gasteiger partial charge in [-0.25, -0.2) is 9.59 Å². The van der Waals surface area contributed by atoms with Crippen molar-refractivity contribution in [3.8, 4) is 0 Å². The number of nitrogens with zero attached hydrogens (tertiary/aromatic N) is 1. The van der Waals surface area contributed by atoms with Crippen LogP contribution in [0, 0.1) is 5.92 Å². The quantitative estimate of drug-likeness (QED) is 0.713. The summed E-state index contributed by atoms with van der Waals surface area (Å²) < 4.78 is 0. The molecule has 2 rings (SSSR count). The molecule has 2 N–H and O–H groups in total. The van der Waals surface area contributed by atoms with Crippen molar-refractivity contribution in [1.82, 2.24) is 10.2 Å². The average Bonchev–Trinajstić information content (AvgIpc) is 3.24. The summed E-state index contributed by atoms with van der Waals surface area (Å²) in [5, 5.41) is 11.8. The number of nitrogens with one attached hydrogen (secondary N) is 1. The predicted octanol–water partition coefficient (Wildman–Crippen LogP) is 1.78. The van der Waals surface area contributed by atoms with E-state index in [1.807, 2.05) is 11.2 Å². The van der Waals surface area contributed by atoms with E-state index in [1.165, 1.54) is 12.8 Å². The number of carboxylic acids is 1. The molecule has 1 atom stereocenters. The molecule has 2 aliphatic carbocycles. The Morgan fingerprint density at radius 1 is 1.37 bits per heavy atom. The van der Waals surface area contributed by atoms with E-state index in [2.05, 4.69) is 5.32 Å². The molecule has 19 heavy (non-hydrogen) atoms. The molecule has 0 aromatic heterocycles. The molecule has 2 amide bonds. The molecule has 1 unspecified atom stereocenters. The number of aliphatic carboxylic acids is 1. The van der Waals surface area contributed by atoms with Crippen LogP contribution in [0.4, 0.5) is 4.79 Å². The number of urea groups is 1. The third-order valence-corrected chi connectivity index (χ3v) is 4.25. The molecular formula is C13H22N2O3S. The first-order chi connectivity index (χ1) is 9.11. The van der Waals surface area contributed by atoms with Crippen LogP contribution in [-0.2, 0) is 4.79 Å². The van der Waals surface area contributed by atoms with Gasteiger partial charge in [0.15, 0.2) is 0 Å². The molecular weight excluding hydrogens is 264 g/mol. The van der Waals surface area contributed by atoms with Crippen LogP contribution in [0.3, 0.4) is 0 Å². The second kappa shape index (κ2) is 6.50. The Morgan fingerprint density at radius 2 is 2.05 bits per heavy atom. The molecule has 2 aliphatic rings. The van der Waals surface area contributed by atoms with Crippen molar-refractivity contribution in [2.24, 2.45) is 5.92 Å². The van der Waals surface area contributed by atoms with E-state index in [0.717, 1.165) is 25.1 Å². The lowest BCUT2D eigenvalue weighted by atomic mass is 10.2. The summed E-state index contributed by atoms with van der Waals surface area (Å²) in [6.45, 7) is 0.797. The SMILES string of the molecule is CSCCC(NC(=O)N(CC1CC1)C1CC1)C(=O)O. The minimum absolute atomic E-state index is 0.192. The number of carboxylic acid groups (broad SMARTS) is 1. The summed E-state index contributed by atoms with van der Waals surface area (Å²) in [4.78, 5) is 25.2. The maximum Gasteiger partial charge on any atom is 0.326 e. The Labute approximate surface area is 118 Å². The summed E-state index contributed by atoms with van der Waals surface area (Å²) in [6, 6.07) is -0.612.